The van der Waals surface area contributed by atoms with Crippen LogP contribution >= 0.6 is 15.9 Å². The van der Waals surface area contributed by atoms with E-state index in [1.54, 1.807) is 0 Å². The van der Waals surface area contributed by atoms with Crippen LogP contribution in [0.4, 0.5) is 0 Å². The van der Waals surface area contributed by atoms with Crippen molar-refractivity contribution in [3.05, 3.63) is 64.1 Å². The fraction of sp³-hybridized carbons (Fsp3) is 0.350. The first-order valence-corrected chi connectivity index (χ1v) is 9.05. The Bertz CT molecular complexity index is 650. The van der Waals surface area contributed by atoms with E-state index in [2.05, 4.69) is 66.3 Å². The monoisotopic (exact) mass is 389 g/mol. The second-order valence-electron chi connectivity index (χ2n) is 6.13. The molecule has 1 N–H and O–H groups in total. The highest BCUT2D eigenvalue weighted by Crippen LogP contribution is 2.22. The first-order chi connectivity index (χ1) is 11.5. The Morgan fingerprint density at radius 2 is 1.71 bits per heavy atom. The Hall–Kier alpha value is -1.81. The van der Waals surface area contributed by atoms with E-state index in [-0.39, 0.29) is 18.6 Å². The molecule has 0 saturated heterocycles. The lowest BCUT2D eigenvalue weighted by molar-refractivity contribution is -0.124. The maximum absolute atomic E-state index is 12.2. The minimum absolute atomic E-state index is 0.0118. The van der Waals surface area contributed by atoms with Crippen LogP contribution in [0.5, 0.6) is 5.75 Å². The normalized spacial score (nSPS) is 12.0. The molecule has 1 atom stereocenters. The lowest BCUT2D eigenvalue weighted by atomic mass is 9.95. The Kier molecular flexibility index (Phi) is 6.85. The van der Waals surface area contributed by atoms with Crippen LogP contribution in [-0.4, -0.2) is 12.5 Å². The maximum atomic E-state index is 12.2. The van der Waals surface area contributed by atoms with E-state index >= 15 is 0 Å². The Balaban J connectivity index is 1.96. The number of hydrogen-bond acceptors (Lipinski definition) is 2. The molecular formula is C20H24BrNO2. The lowest BCUT2D eigenvalue weighted by Crippen LogP contribution is -2.35. The first kappa shape index (κ1) is 18.5. The van der Waals surface area contributed by atoms with Gasteiger partial charge in [0.2, 0.25) is 0 Å². The standard InChI is InChI=1S/C20H24BrNO2/c1-4-15-5-7-16(8-6-15)20(14(2)3)22-19(23)13-24-18-11-9-17(21)10-12-18/h5-12,14,20H,4,13H2,1-3H3,(H,22,23)/t20-/m0/s1. The third-order valence-electron chi connectivity index (χ3n) is 3.91. The molecule has 0 spiro atoms. The molecule has 0 bridgehead atoms. The number of benzene rings is 2. The van der Waals surface area contributed by atoms with Crippen molar-refractivity contribution >= 4 is 21.8 Å². The molecule has 0 aliphatic rings. The van der Waals surface area contributed by atoms with Gasteiger partial charge in [-0.05, 0) is 47.7 Å². The molecule has 0 aliphatic carbocycles. The second-order valence-corrected chi connectivity index (χ2v) is 7.04. The van der Waals surface area contributed by atoms with Crippen molar-refractivity contribution in [2.24, 2.45) is 5.92 Å². The van der Waals surface area contributed by atoms with E-state index in [0.29, 0.717) is 11.7 Å². The highest BCUT2D eigenvalue weighted by Gasteiger charge is 2.18. The molecule has 3 nitrogen and oxygen atoms in total. The number of halogens is 1. The van der Waals surface area contributed by atoms with Gasteiger partial charge < -0.3 is 10.1 Å². The van der Waals surface area contributed by atoms with Gasteiger partial charge in [-0.3, -0.25) is 4.79 Å². The average molecular weight is 390 g/mol. The number of ether oxygens (including phenoxy) is 1. The van der Waals surface area contributed by atoms with Crippen molar-refractivity contribution in [3.63, 3.8) is 0 Å². The summed E-state index contributed by atoms with van der Waals surface area (Å²) in [5.74, 6) is 0.868. The van der Waals surface area contributed by atoms with Gasteiger partial charge in [0, 0.05) is 4.47 Å². The number of amides is 1. The molecule has 0 unspecified atom stereocenters. The molecule has 0 radical (unpaired) electrons. The molecule has 0 saturated carbocycles. The Morgan fingerprint density at radius 1 is 1.08 bits per heavy atom. The van der Waals surface area contributed by atoms with Crippen molar-refractivity contribution < 1.29 is 9.53 Å². The highest BCUT2D eigenvalue weighted by atomic mass is 79.9. The third-order valence-corrected chi connectivity index (χ3v) is 4.44. The smallest absolute Gasteiger partial charge is 0.258 e. The molecule has 0 heterocycles. The summed E-state index contributed by atoms with van der Waals surface area (Å²) in [5, 5.41) is 3.08. The summed E-state index contributed by atoms with van der Waals surface area (Å²) in [6, 6.07) is 15.9. The van der Waals surface area contributed by atoms with Gasteiger partial charge in [0.05, 0.1) is 6.04 Å². The number of carbonyl (C=O) groups excluding carboxylic acids is 1. The predicted octanol–water partition coefficient (Wildman–Crippen LogP) is 4.90. The summed E-state index contributed by atoms with van der Waals surface area (Å²) < 4.78 is 6.52. The third kappa shape index (κ3) is 5.38. The number of aryl methyl sites for hydroxylation is 1. The molecule has 0 aromatic heterocycles. The van der Waals surface area contributed by atoms with E-state index in [0.717, 1.165) is 16.5 Å². The zero-order valence-electron chi connectivity index (χ0n) is 14.4. The van der Waals surface area contributed by atoms with E-state index in [4.69, 9.17) is 4.74 Å². The number of carbonyl (C=O) groups is 1. The molecular weight excluding hydrogens is 366 g/mol. The van der Waals surface area contributed by atoms with Gasteiger partial charge in [0.15, 0.2) is 6.61 Å². The van der Waals surface area contributed by atoms with Gasteiger partial charge in [-0.15, -0.1) is 0 Å². The molecule has 24 heavy (non-hydrogen) atoms. The Labute approximate surface area is 152 Å². The SMILES string of the molecule is CCc1ccc([C@@H](NC(=O)COc2ccc(Br)cc2)C(C)C)cc1. The summed E-state index contributed by atoms with van der Waals surface area (Å²) in [7, 11) is 0. The number of rotatable bonds is 7. The van der Waals surface area contributed by atoms with Crippen LogP contribution in [0.1, 0.15) is 37.9 Å². The molecule has 2 aromatic rings. The molecule has 0 fully saturated rings. The van der Waals surface area contributed by atoms with Gasteiger partial charge in [-0.2, -0.15) is 0 Å². The van der Waals surface area contributed by atoms with Gasteiger partial charge in [0.25, 0.3) is 5.91 Å². The minimum Gasteiger partial charge on any atom is -0.484 e. The van der Waals surface area contributed by atoms with Crippen molar-refractivity contribution in [3.8, 4) is 5.75 Å². The van der Waals surface area contributed by atoms with Crippen molar-refractivity contribution in [1.29, 1.82) is 0 Å². The Morgan fingerprint density at radius 3 is 2.25 bits per heavy atom. The quantitative estimate of drug-likeness (QED) is 0.730. The van der Waals surface area contributed by atoms with Crippen LogP contribution < -0.4 is 10.1 Å². The van der Waals surface area contributed by atoms with E-state index in [1.807, 2.05) is 24.3 Å². The average Bonchev–Trinajstić information content (AvgIpc) is 2.59. The van der Waals surface area contributed by atoms with Crippen LogP contribution in [0.15, 0.2) is 53.0 Å². The van der Waals surface area contributed by atoms with Crippen molar-refractivity contribution in [1.82, 2.24) is 5.32 Å². The van der Waals surface area contributed by atoms with Gasteiger partial charge in [-0.1, -0.05) is 61.0 Å². The zero-order valence-corrected chi connectivity index (χ0v) is 16.0. The zero-order chi connectivity index (χ0) is 17.5. The van der Waals surface area contributed by atoms with Crippen LogP contribution in [0.3, 0.4) is 0 Å². The number of nitrogens with one attached hydrogen (secondary N) is 1. The fourth-order valence-corrected chi connectivity index (χ4v) is 2.75. The maximum Gasteiger partial charge on any atom is 0.258 e. The summed E-state index contributed by atoms with van der Waals surface area (Å²) in [5.41, 5.74) is 2.42. The molecule has 1 amide bonds. The summed E-state index contributed by atoms with van der Waals surface area (Å²) >= 11 is 3.38. The molecule has 2 aromatic carbocycles. The molecule has 4 heteroatoms. The molecule has 2 rings (SSSR count). The van der Waals surface area contributed by atoms with Crippen LogP contribution in [0.25, 0.3) is 0 Å². The summed E-state index contributed by atoms with van der Waals surface area (Å²) in [6.07, 6.45) is 1.01. The molecule has 128 valence electrons. The molecule has 0 aliphatic heterocycles. The summed E-state index contributed by atoms with van der Waals surface area (Å²) in [4.78, 5) is 12.2. The van der Waals surface area contributed by atoms with E-state index in [1.165, 1.54) is 5.56 Å². The predicted molar refractivity (Wildman–Crippen MR) is 101 cm³/mol. The van der Waals surface area contributed by atoms with Crippen molar-refractivity contribution in [2.75, 3.05) is 6.61 Å². The topological polar surface area (TPSA) is 38.3 Å². The van der Waals surface area contributed by atoms with Gasteiger partial charge in [0.1, 0.15) is 5.75 Å². The van der Waals surface area contributed by atoms with Crippen LogP contribution in [0.2, 0.25) is 0 Å². The second kappa shape index (κ2) is 8.88. The van der Waals surface area contributed by atoms with Crippen LogP contribution in [0, 0.1) is 5.92 Å². The largest absolute Gasteiger partial charge is 0.484 e. The minimum atomic E-state index is -0.115. The van der Waals surface area contributed by atoms with Gasteiger partial charge >= 0.3 is 0 Å². The van der Waals surface area contributed by atoms with Crippen molar-refractivity contribution in [2.45, 2.75) is 33.2 Å². The highest BCUT2D eigenvalue weighted by molar-refractivity contribution is 9.10. The fourth-order valence-electron chi connectivity index (χ4n) is 2.49. The van der Waals surface area contributed by atoms with Crippen LogP contribution in [-0.2, 0) is 11.2 Å². The van der Waals surface area contributed by atoms with E-state index < -0.39 is 0 Å². The lowest BCUT2D eigenvalue weighted by Gasteiger charge is -2.23. The summed E-state index contributed by atoms with van der Waals surface area (Å²) in [6.45, 7) is 6.36. The number of hydrogen-bond donors (Lipinski definition) is 1. The van der Waals surface area contributed by atoms with Gasteiger partial charge in [-0.25, -0.2) is 0 Å². The first-order valence-electron chi connectivity index (χ1n) is 8.26. The van der Waals surface area contributed by atoms with E-state index in [9.17, 15) is 4.79 Å².